The quantitative estimate of drug-likeness (QED) is 0.441. The number of fused-ring (bicyclic) bond motifs is 1. The number of pyridine rings is 1. The van der Waals surface area contributed by atoms with Gasteiger partial charge in [0.2, 0.25) is 0 Å². The number of rotatable bonds is 4. The van der Waals surface area contributed by atoms with Crippen LogP contribution in [0, 0.1) is 20.8 Å². The molecule has 6 nitrogen and oxygen atoms in total. The van der Waals surface area contributed by atoms with Gasteiger partial charge in [-0.2, -0.15) is 0 Å². The van der Waals surface area contributed by atoms with Crippen molar-refractivity contribution in [2.75, 3.05) is 13.1 Å². The van der Waals surface area contributed by atoms with E-state index in [1.807, 2.05) is 37.9 Å². The highest BCUT2D eigenvalue weighted by molar-refractivity contribution is 5.96. The van der Waals surface area contributed by atoms with Crippen molar-refractivity contribution in [3.8, 4) is 11.3 Å². The van der Waals surface area contributed by atoms with Gasteiger partial charge in [-0.3, -0.25) is 4.79 Å². The highest BCUT2D eigenvalue weighted by Gasteiger charge is 2.30. The van der Waals surface area contributed by atoms with Crippen LogP contribution in [-0.2, 0) is 0 Å². The number of hydrogen-bond donors (Lipinski definition) is 1. The van der Waals surface area contributed by atoms with Crippen LogP contribution in [0.1, 0.15) is 76.3 Å². The second-order valence-electron chi connectivity index (χ2n) is 9.99. The Morgan fingerprint density at radius 2 is 1.79 bits per heavy atom. The van der Waals surface area contributed by atoms with E-state index in [1.54, 1.807) is 0 Å². The number of imidazole rings is 2. The largest absolute Gasteiger partial charge is 0.342 e. The number of carbonyl (C=O) groups excluding carboxylic acids is 1. The number of likely N-dealkylation sites (tertiary alicyclic amines) is 1. The number of aromatic amines is 1. The number of carbonyl (C=O) groups is 1. The number of H-pyrrole nitrogens is 1. The fourth-order valence-electron chi connectivity index (χ4n) is 5.53. The number of hydrogen-bond acceptors (Lipinski definition) is 3. The summed E-state index contributed by atoms with van der Waals surface area (Å²) in [7, 11) is 0. The Labute approximate surface area is 200 Å². The minimum atomic E-state index is 0.137. The Morgan fingerprint density at radius 1 is 1.00 bits per heavy atom. The summed E-state index contributed by atoms with van der Waals surface area (Å²) in [6.07, 6.45) is 8.48. The minimum Gasteiger partial charge on any atom is -0.342 e. The Kier molecular flexibility index (Phi) is 5.05. The van der Waals surface area contributed by atoms with Crippen molar-refractivity contribution in [1.29, 1.82) is 0 Å². The van der Waals surface area contributed by atoms with Gasteiger partial charge in [-0.1, -0.05) is 6.07 Å². The number of aromatic nitrogens is 4. The first-order valence-electron chi connectivity index (χ1n) is 12.4. The van der Waals surface area contributed by atoms with E-state index in [-0.39, 0.29) is 5.91 Å². The highest BCUT2D eigenvalue weighted by atomic mass is 16.2. The molecule has 0 bridgehead atoms. The fourth-order valence-corrected chi connectivity index (χ4v) is 5.53. The van der Waals surface area contributed by atoms with E-state index in [0.29, 0.717) is 11.8 Å². The first kappa shape index (κ1) is 21.1. The Hall–Kier alpha value is -3.41. The Morgan fingerprint density at radius 3 is 2.50 bits per heavy atom. The van der Waals surface area contributed by atoms with Gasteiger partial charge in [0.05, 0.1) is 23.1 Å². The van der Waals surface area contributed by atoms with Crippen LogP contribution in [-0.4, -0.2) is 43.2 Å². The maximum atomic E-state index is 13.5. The van der Waals surface area contributed by atoms with Crippen molar-refractivity contribution in [1.82, 2.24) is 24.3 Å². The van der Waals surface area contributed by atoms with Crippen molar-refractivity contribution in [2.24, 2.45) is 0 Å². The van der Waals surface area contributed by atoms with Crippen LogP contribution in [0.15, 0.2) is 42.7 Å². The SMILES string of the molecule is Cc1nc(C)c(-c2cc(C(=O)N3CCC(c4ccn5c(C)ncc5c4)CC3)ccc2C2CC2)[nH]1. The Balaban J connectivity index is 1.21. The van der Waals surface area contributed by atoms with Crippen LogP contribution in [0.2, 0.25) is 0 Å². The number of nitrogens with one attached hydrogen (secondary N) is 1. The summed E-state index contributed by atoms with van der Waals surface area (Å²) in [6, 6.07) is 10.8. The molecule has 1 saturated carbocycles. The molecule has 1 aromatic carbocycles. The lowest BCUT2D eigenvalue weighted by molar-refractivity contribution is 0.0713. The molecule has 0 radical (unpaired) electrons. The first-order chi connectivity index (χ1) is 16.5. The first-order valence-corrected chi connectivity index (χ1v) is 12.4. The van der Waals surface area contributed by atoms with Crippen molar-refractivity contribution >= 4 is 11.4 Å². The Bertz CT molecular complexity index is 1390. The molecule has 4 heterocycles. The van der Waals surface area contributed by atoms with Crippen LogP contribution in [0.25, 0.3) is 16.8 Å². The molecule has 34 heavy (non-hydrogen) atoms. The van der Waals surface area contributed by atoms with E-state index in [1.165, 1.54) is 24.0 Å². The number of benzene rings is 1. The molecule has 6 rings (SSSR count). The number of piperidine rings is 1. The van der Waals surface area contributed by atoms with Crippen LogP contribution in [0.3, 0.4) is 0 Å². The maximum absolute atomic E-state index is 13.5. The van der Waals surface area contributed by atoms with E-state index < -0.39 is 0 Å². The third kappa shape index (κ3) is 3.71. The summed E-state index contributed by atoms with van der Waals surface area (Å²) >= 11 is 0. The maximum Gasteiger partial charge on any atom is 0.253 e. The average molecular weight is 454 g/mol. The number of aryl methyl sites for hydroxylation is 3. The molecule has 0 unspecified atom stereocenters. The van der Waals surface area contributed by atoms with Crippen LogP contribution < -0.4 is 0 Å². The lowest BCUT2D eigenvalue weighted by Crippen LogP contribution is -2.38. The highest BCUT2D eigenvalue weighted by Crippen LogP contribution is 2.45. The molecule has 3 aromatic heterocycles. The number of amides is 1. The molecule has 174 valence electrons. The van der Waals surface area contributed by atoms with E-state index in [4.69, 9.17) is 0 Å². The van der Waals surface area contributed by atoms with E-state index in [0.717, 1.165) is 65.6 Å². The van der Waals surface area contributed by atoms with Crippen molar-refractivity contribution < 1.29 is 4.79 Å². The normalized spacial score (nSPS) is 17.0. The molecule has 2 aliphatic rings. The third-order valence-corrected chi connectivity index (χ3v) is 7.58. The summed E-state index contributed by atoms with van der Waals surface area (Å²) < 4.78 is 2.12. The van der Waals surface area contributed by atoms with Gasteiger partial charge >= 0.3 is 0 Å². The zero-order valence-electron chi connectivity index (χ0n) is 20.1. The molecule has 1 aliphatic heterocycles. The van der Waals surface area contributed by atoms with Gasteiger partial charge in [0.15, 0.2) is 0 Å². The zero-order valence-corrected chi connectivity index (χ0v) is 20.1. The summed E-state index contributed by atoms with van der Waals surface area (Å²) in [5, 5.41) is 0. The molecular formula is C28H31N5O. The molecule has 0 spiro atoms. The minimum absolute atomic E-state index is 0.137. The van der Waals surface area contributed by atoms with E-state index >= 15 is 0 Å². The zero-order chi connectivity index (χ0) is 23.4. The van der Waals surface area contributed by atoms with Gasteiger partial charge < -0.3 is 14.3 Å². The third-order valence-electron chi connectivity index (χ3n) is 7.58. The van der Waals surface area contributed by atoms with Crippen LogP contribution in [0.4, 0.5) is 0 Å². The van der Waals surface area contributed by atoms with Gasteiger partial charge in [-0.25, -0.2) is 9.97 Å². The van der Waals surface area contributed by atoms with Crippen molar-refractivity contribution in [3.05, 3.63) is 76.8 Å². The van der Waals surface area contributed by atoms with E-state index in [9.17, 15) is 4.79 Å². The van der Waals surface area contributed by atoms with Crippen molar-refractivity contribution in [2.45, 2.75) is 58.3 Å². The lowest BCUT2D eigenvalue weighted by Gasteiger charge is -2.32. The fraction of sp³-hybridized carbons (Fsp3) is 0.393. The second-order valence-corrected chi connectivity index (χ2v) is 9.99. The smallest absolute Gasteiger partial charge is 0.253 e. The second kappa shape index (κ2) is 8.12. The van der Waals surface area contributed by atoms with Gasteiger partial charge in [0.1, 0.15) is 11.6 Å². The summed E-state index contributed by atoms with van der Waals surface area (Å²) in [5.41, 5.74) is 7.80. The molecule has 1 saturated heterocycles. The standard InChI is InChI=1S/C28H31N5O/c1-17-27(31-18(2)30-17)26-15-23(6-7-25(26)21-4-5-21)28(34)32-11-8-20(9-12-32)22-10-13-33-19(3)29-16-24(33)14-22/h6-7,10,13-16,20-21H,4-5,8-9,11-12H2,1-3H3,(H,30,31). The topological polar surface area (TPSA) is 66.3 Å². The molecule has 6 heteroatoms. The monoisotopic (exact) mass is 453 g/mol. The predicted molar refractivity (Wildman–Crippen MR) is 133 cm³/mol. The van der Waals surface area contributed by atoms with Gasteiger partial charge in [0, 0.05) is 30.4 Å². The number of nitrogens with zero attached hydrogens (tertiary/aromatic N) is 4. The summed E-state index contributed by atoms with van der Waals surface area (Å²) in [6.45, 7) is 7.62. The van der Waals surface area contributed by atoms with Gasteiger partial charge in [0.25, 0.3) is 5.91 Å². The molecule has 1 aliphatic carbocycles. The molecular weight excluding hydrogens is 422 g/mol. The van der Waals surface area contributed by atoms with E-state index in [2.05, 4.69) is 49.8 Å². The predicted octanol–water partition coefficient (Wildman–Crippen LogP) is 5.55. The molecule has 4 aromatic rings. The van der Waals surface area contributed by atoms with Crippen molar-refractivity contribution in [3.63, 3.8) is 0 Å². The summed E-state index contributed by atoms with van der Waals surface area (Å²) in [5.74, 6) is 3.15. The van der Waals surface area contributed by atoms with Gasteiger partial charge in [-0.05, 0) is 93.7 Å². The molecule has 1 amide bonds. The molecule has 1 N–H and O–H groups in total. The summed E-state index contributed by atoms with van der Waals surface area (Å²) in [4.78, 5) is 27.9. The van der Waals surface area contributed by atoms with Gasteiger partial charge in [-0.15, -0.1) is 0 Å². The lowest BCUT2D eigenvalue weighted by atomic mass is 9.89. The van der Waals surface area contributed by atoms with Crippen LogP contribution >= 0.6 is 0 Å². The van der Waals surface area contributed by atoms with Crippen LogP contribution in [0.5, 0.6) is 0 Å². The average Bonchev–Trinajstić information content (AvgIpc) is 3.56. The molecule has 0 atom stereocenters. The molecule has 2 fully saturated rings.